The Kier molecular flexibility index (Phi) is 7.22. The van der Waals surface area contributed by atoms with E-state index in [2.05, 4.69) is 21.9 Å². The molecule has 0 saturated heterocycles. The van der Waals surface area contributed by atoms with Gasteiger partial charge in [0.2, 0.25) is 0 Å². The van der Waals surface area contributed by atoms with Crippen LogP contribution in [0.15, 0.2) is 35.4 Å². The fourth-order valence-electron chi connectivity index (χ4n) is 1.48. The Bertz CT molecular complexity index is 408. The molecule has 1 rings (SSSR count). The topological polar surface area (TPSA) is 48.8 Å². The van der Waals surface area contributed by atoms with Crippen LogP contribution in [0.4, 0.5) is 0 Å². The van der Waals surface area contributed by atoms with Crippen LogP contribution in [-0.4, -0.2) is 6.54 Å². The average Bonchev–Trinajstić information content (AvgIpc) is 2.38. The highest BCUT2D eigenvalue weighted by atomic mass is 15.1. The van der Waals surface area contributed by atoms with Gasteiger partial charge in [-0.25, -0.2) is 0 Å². The van der Waals surface area contributed by atoms with E-state index in [4.69, 9.17) is 5.53 Å². The summed E-state index contributed by atoms with van der Waals surface area (Å²) in [6.07, 6.45) is 5.32. The van der Waals surface area contributed by atoms with Gasteiger partial charge < -0.3 is 0 Å². The lowest BCUT2D eigenvalue weighted by molar-refractivity contribution is 0.656. The number of rotatable bonds is 6. The van der Waals surface area contributed by atoms with Gasteiger partial charge in [0.25, 0.3) is 0 Å². The first-order valence-corrected chi connectivity index (χ1v) is 5.98. The largest absolute Gasteiger partial charge is 0.0979 e. The third kappa shape index (κ3) is 7.05. The van der Waals surface area contributed by atoms with Crippen LogP contribution in [0.25, 0.3) is 10.4 Å². The van der Waals surface area contributed by atoms with E-state index in [9.17, 15) is 0 Å². The van der Waals surface area contributed by atoms with Gasteiger partial charge >= 0.3 is 0 Å². The number of hydrogen-bond donors (Lipinski definition) is 0. The summed E-state index contributed by atoms with van der Waals surface area (Å²) in [6.45, 7) is 0.617. The van der Waals surface area contributed by atoms with Crippen molar-refractivity contribution >= 4 is 0 Å². The van der Waals surface area contributed by atoms with Gasteiger partial charge in [0.1, 0.15) is 0 Å². The molecule has 0 bridgehead atoms. The minimum Gasteiger partial charge on any atom is -0.0979 e. The van der Waals surface area contributed by atoms with Gasteiger partial charge in [-0.1, -0.05) is 48.0 Å². The predicted octanol–water partition coefficient (Wildman–Crippen LogP) is 4.30. The van der Waals surface area contributed by atoms with Crippen molar-refractivity contribution in [3.8, 4) is 11.8 Å². The number of hydrogen-bond acceptors (Lipinski definition) is 1. The first kappa shape index (κ1) is 13.2. The van der Waals surface area contributed by atoms with E-state index in [0.717, 1.165) is 37.7 Å². The number of unbranched alkanes of at least 4 members (excludes halogenated alkanes) is 4. The Balaban J connectivity index is 2.05. The molecule has 1 aromatic rings. The van der Waals surface area contributed by atoms with E-state index in [0.29, 0.717) is 6.54 Å². The van der Waals surface area contributed by atoms with Crippen LogP contribution in [0.2, 0.25) is 0 Å². The number of nitrogens with zero attached hydrogens (tertiary/aromatic N) is 3. The van der Waals surface area contributed by atoms with E-state index >= 15 is 0 Å². The van der Waals surface area contributed by atoms with Crippen LogP contribution >= 0.6 is 0 Å². The average molecular weight is 227 g/mol. The van der Waals surface area contributed by atoms with Crippen molar-refractivity contribution in [2.45, 2.75) is 32.1 Å². The Labute approximate surface area is 102 Å². The van der Waals surface area contributed by atoms with Crippen molar-refractivity contribution in [1.29, 1.82) is 0 Å². The van der Waals surface area contributed by atoms with E-state index in [-0.39, 0.29) is 0 Å². The Morgan fingerprint density at radius 2 is 1.82 bits per heavy atom. The molecule has 0 aliphatic heterocycles. The van der Waals surface area contributed by atoms with Gasteiger partial charge in [0.15, 0.2) is 0 Å². The summed E-state index contributed by atoms with van der Waals surface area (Å²) in [6, 6.07) is 10.0. The lowest BCUT2D eigenvalue weighted by atomic mass is 10.1. The summed E-state index contributed by atoms with van der Waals surface area (Å²) in [4.78, 5) is 2.72. The zero-order valence-corrected chi connectivity index (χ0v) is 9.97. The molecule has 0 aliphatic carbocycles. The number of azide groups is 1. The summed E-state index contributed by atoms with van der Waals surface area (Å²) >= 11 is 0. The maximum Gasteiger partial charge on any atom is 0.0257 e. The molecule has 0 aromatic heterocycles. The van der Waals surface area contributed by atoms with Crippen LogP contribution in [-0.2, 0) is 0 Å². The zero-order chi connectivity index (χ0) is 12.2. The first-order valence-electron chi connectivity index (χ1n) is 5.98. The molecule has 0 N–H and O–H groups in total. The monoisotopic (exact) mass is 227 g/mol. The molecule has 3 heteroatoms. The lowest BCUT2D eigenvalue weighted by Crippen LogP contribution is -1.81. The standard InChI is InChI=1S/C14H17N3/c15-17-16-13-9-4-2-1-3-6-10-14-11-7-5-8-12-14/h5,7-8,11-12H,1-4,9,13H2. The maximum absolute atomic E-state index is 8.09. The molecule has 0 fully saturated rings. The van der Waals surface area contributed by atoms with Crippen LogP contribution < -0.4 is 0 Å². The lowest BCUT2D eigenvalue weighted by Gasteiger charge is -1.94. The Morgan fingerprint density at radius 3 is 2.59 bits per heavy atom. The second-order valence-electron chi connectivity index (χ2n) is 3.79. The van der Waals surface area contributed by atoms with Crippen molar-refractivity contribution in [2.24, 2.45) is 5.11 Å². The third-order valence-electron chi connectivity index (χ3n) is 2.38. The fraction of sp³-hybridized carbons (Fsp3) is 0.429. The second-order valence-corrected chi connectivity index (χ2v) is 3.79. The molecular formula is C14H17N3. The van der Waals surface area contributed by atoms with E-state index in [1.54, 1.807) is 0 Å². The van der Waals surface area contributed by atoms with E-state index in [1.165, 1.54) is 0 Å². The molecule has 0 unspecified atom stereocenters. The molecule has 0 aliphatic rings. The smallest absolute Gasteiger partial charge is 0.0257 e. The highest BCUT2D eigenvalue weighted by Gasteiger charge is 1.87. The quantitative estimate of drug-likeness (QED) is 0.229. The molecule has 17 heavy (non-hydrogen) atoms. The molecule has 0 radical (unpaired) electrons. The molecule has 3 nitrogen and oxygen atoms in total. The molecule has 0 amide bonds. The molecule has 0 heterocycles. The minimum absolute atomic E-state index is 0.617. The molecule has 0 spiro atoms. The van der Waals surface area contributed by atoms with E-state index < -0.39 is 0 Å². The minimum atomic E-state index is 0.617. The number of benzene rings is 1. The van der Waals surface area contributed by atoms with Gasteiger partial charge in [-0.15, -0.1) is 0 Å². The molecular weight excluding hydrogens is 210 g/mol. The summed E-state index contributed by atoms with van der Waals surface area (Å²) in [5, 5.41) is 3.50. The van der Waals surface area contributed by atoms with Crippen molar-refractivity contribution in [2.75, 3.05) is 6.54 Å². The molecule has 0 saturated carbocycles. The Morgan fingerprint density at radius 1 is 1.06 bits per heavy atom. The fourth-order valence-corrected chi connectivity index (χ4v) is 1.48. The zero-order valence-electron chi connectivity index (χ0n) is 9.97. The highest BCUT2D eigenvalue weighted by molar-refractivity contribution is 5.33. The highest BCUT2D eigenvalue weighted by Crippen LogP contribution is 2.03. The van der Waals surface area contributed by atoms with Crippen LogP contribution in [0, 0.1) is 11.8 Å². The van der Waals surface area contributed by atoms with Crippen LogP contribution in [0.1, 0.15) is 37.7 Å². The predicted molar refractivity (Wildman–Crippen MR) is 70.4 cm³/mol. The van der Waals surface area contributed by atoms with Crippen molar-refractivity contribution in [1.82, 2.24) is 0 Å². The van der Waals surface area contributed by atoms with Gasteiger partial charge in [-0.2, -0.15) is 0 Å². The van der Waals surface area contributed by atoms with Gasteiger partial charge in [-0.05, 0) is 30.5 Å². The maximum atomic E-state index is 8.09. The van der Waals surface area contributed by atoms with Gasteiger partial charge in [0.05, 0.1) is 0 Å². The third-order valence-corrected chi connectivity index (χ3v) is 2.38. The molecule has 88 valence electrons. The van der Waals surface area contributed by atoms with Crippen molar-refractivity contribution < 1.29 is 0 Å². The summed E-state index contributed by atoms with van der Waals surface area (Å²) < 4.78 is 0. The van der Waals surface area contributed by atoms with Crippen molar-refractivity contribution in [3.63, 3.8) is 0 Å². The summed E-state index contributed by atoms with van der Waals surface area (Å²) in [7, 11) is 0. The normalized spacial score (nSPS) is 8.94. The first-order chi connectivity index (χ1) is 8.43. The van der Waals surface area contributed by atoms with E-state index in [1.807, 2.05) is 30.3 Å². The SMILES string of the molecule is [N-]=[N+]=NCCCCCCC#Cc1ccccc1. The van der Waals surface area contributed by atoms with Crippen LogP contribution in [0.3, 0.4) is 0 Å². The molecule has 0 atom stereocenters. The van der Waals surface area contributed by atoms with Crippen LogP contribution in [0.5, 0.6) is 0 Å². The Hall–Kier alpha value is -1.91. The molecule has 1 aromatic carbocycles. The van der Waals surface area contributed by atoms with Gasteiger partial charge in [0, 0.05) is 23.4 Å². The van der Waals surface area contributed by atoms with Crippen molar-refractivity contribution in [3.05, 3.63) is 46.3 Å². The second kappa shape index (κ2) is 9.33. The summed E-state index contributed by atoms with van der Waals surface area (Å²) in [5.41, 5.74) is 9.17. The summed E-state index contributed by atoms with van der Waals surface area (Å²) in [5.74, 6) is 6.31. The van der Waals surface area contributed by atoms with Gasteiger partial charge in [-0.3, -0.25) is 0 Å².